The van der Waals surface area contributed by atoms with E-state index in [1.165, 1.54) is 10.6 Å². The van der Waals surface area contributed by atoms with Gasteiger partial charge in [0.2, 0.25) is 0 Å². The molecule has 0 atom stereocenters. The summed E-state index contributed by atoms with van der Waals surface area (Å²) in [6.45, 7) is 0. The fraction of sp³-hybridized carbons (Fsp3) is 0.0833. The van der Waals surface area contributed by atoms with Gasteiger partial charge in [-0.3, -0.25) is 0 Å². The molecule has 2 heterocycles. The molecule has 0 spiro atoms. The Kier molecular flexibility index (Phi) is 1.80. The molecule has 0 aliphatic heterocycles. The Morgan fingerprint density at radius 2 is 2.18 bits per heavy atom. The lowest BCUT2D eigenvalue weighted by Gasteiger charge is -1.97. The third kappa shape index (κ3) is 1.19. The van der Waals surface area contributed by atoms with Crippen molar-refractivity contribution >= 4 is 27.9 Å². The molecule has 0 bridgehead atoms. The van der Waals surface area contributed by atoms with Crippen LogP contribution in [0.2, 0.25) is 0 Å². The van der Waals surface area contributed by atoms with E-state index in [0.29, 0.717) is 16.6 Å². The summed E-state index contributed by atoms with van der Waals surface area (Å²) >= 11 is 0. The number of carboxylic acids is 1. The lowest BCUT2D eigenvalue weighted by molar-refractivity contribution is 0.0687. The molecular weight excluding hydrogens is 223 g/mol. The molecule has 4 nitrogen and oxygen atoms in total. The monoisotopic (exact) mass is 232 g/mol. The van der Waals surface area contributed by atoms with Gasteiger partial charge in [-0.05, 0) is 12.1 Å². The maximum Gasteiger partial charge on any atom is 0.352 e. The number of aromatic carboxylic acids is 1. The second-order valence-corrected chi connectivity index (χ2v) is 3.94. The van der Waals surface area contributed by atoms with Crippen LogP contribution >= 0.6 is 0 Å². The fourth-order valence-corrected chi connectivity index (χ4v) is 2.16. The maximum absolute atomic E-state index is 13.5. The smallest absolute Gasteiger partial charge is 0.352 e. The van der Waals surface area contributed by atoms with E-state index in [9.17, 15) is 9.18 Å². The standard InChI is InChI=1S/C12H9FN2O2/c1-15-9(12(16)17)5-7-6-3-2-4-8(13)10(6)14-11(7)15/h2-5,14H,1H3,(H,16,17). The van der Waals surface area contributed by atoms with E-state index < -0.39 is 5.97 Å². The predicted octanol–water partition coefficient (Wildman–Crippen LogP) is 2.50. The van der Waals surface area contributed by atoms with Crippen LogP contribution in [-0.2, 0) is 7.05 Å². The van der Waals surface area contributed by atoms with Gasteiger partial charge in [0, 0.05) is 17.8 Å². The zero-order chi connectivity index (χ0) is 12.2. The van der Waals surface area contributed by atoms with Crippen LogP contribution in [0, 0.1) is 5.82 Å². The number of halogens is 1. The van der Waals surface area contributed by atoms with E-state index in [1.54, 1.807) is 25.2 Å². The number of carbonyl (C=O) groups is 1. The first kappa shape index (κ1) is 9.89. The van der Waals surface area contributed by atoms with Gasteiger partial charge in [-0.2, -0.15) is 0 Å². The molecule has 0 radical (unpaired) electrons. The molecule has 0 unspecified atom stereocenters. The Hall–Kier alpha value is -2.30. The van der Waals surface area contributed by atoms with Crippen molar-refractivity contribution in [2.45, 2.75) is 0 Å². The number of rotatable bonds is 1. The molecule has 2 aromatic heterocycles. The topological polar surface area (TPSA) is 58.0 Å². The van der Waals surface area contributed by atoms with Crippen LogP contribution in [0.5, 0.6) is 0 Å². The maximum atomic E-state index is 13.5. The molecule has 3 rings (SSSR count). The average molecular weight is 232 g/mol. The summed E-state index contributed by atoms with van der Waals surface area (Å²) in [5.74, 6) is -1.34. The van der Waals surface area contributed by atoms with Crippen molar-refractivity contribution in [2.24, 2.45) is 7.05 Å². The van der Waals surface area contributed by atoms with Crippen LogP contribution in [0.1, 0.15) is 10.5 Å². The van der Waals surface area contributed by atoms with Crippen molar-refractivity contribution < 1.29 is 14.3 Å². The van der Waals surface area contributed by atoms with E-state index in [-0.39, 0.29) is 11.5 Å². The molecule has 86 valence electrons. The van der Waals surface area contributed by atoms with Gasteiger partial charge in [0.1, 0.15) is 17.2 Å². The molecule has 5 heteroatoms. The number of hydrogen-bond acceptors (Lipinski definition) is 1. The van der Waals surface area contributed by atoms with Gasteiger partial charge in [-0.1, -0.05) is 12.1 Å². The van der Waals surface area contributed by atoms with Crippen LogP contribution < -0.4 is 0 Å². The van der Waals surface area contributed by atoms with Crippen LogP contribution in [-0.4, -0.2) is 20.6 Å². The highest BCUT2D eigenvalue weighted by Crippen LogP contribution is 2.29. The molecule has 2 N–H and O–H groups in total. The highest BCUT2D eigenvalue weighted by molar-refractivity contribution is 6.09. The third-order valence-electron chi connectivity index (χ3n) is 3.00. The molecule has 1 aromatic carbocycles. The number of H-pyrrole nitrogens is 1. The molecule has 0 aliphatic rings. The van der Waals surface area contributed by atoms with E-state index in [4.69, 9.17) is 5.11 Å². The molecule has 0 saturated heterocycles. The largest absolute Gasteiger partial charge is 0.477 e. The Morgan fingerprint density at radius 1 is 1.41 bits per heavy atom. The van der Waals surface area contributed by atoms with Crippen molar-refractivity contribution in [3.63, 3.8) is 0 Å². The molecular formula is C12H9FN2O2. The summed E-state index contributed by atoms with van der Waals surface area (Å²) in [6.07, 6.45) is 0. The van der Waals surface area contributed by atoms with E-state index >= 15 is 0 Å². The summed E-state index contributed by atoms with van der Waals surface area (Å²) < 4.78 is 15.0. The summed E-state index contributed by atoms with van der Waals surface area (Å²) in [5, 5.41) is 10.4. The average Bonchev–Trinajstić information content (AvgIpc) is 2.78. The first-order valence-electron chi connectivity index (χ1n) is 5.08. The first-order chi connectivity index (χ1) is 8.09. The van der Waals surface area contributed by atoms with Crippen molar-refractivity contribution in [3.05, 3.63) is 35.8 Å². The number of nitrogens with zero attached hydrogens (tertiary/aromatic N) is 1. The Labute approximate surface area is 95.3 Å². The van der Waals surface area contributed by atoms with Crippen LogP contribution in [0.4, 0.5) is 4.39 Å². The normalized spacial score (nSPS) is 11.4. The third-order valence-corrected chi connectivity index (χ3v) is 3.00. The lowest BCUT2D eigenvalue weighted by atomic mass is 10.2. The molecule has 0 saturated carbocycles. The van der Waals surface area contributed by atoms with Gasteiger partial charge in [-0.25, -0.2) is 9.18 Å². The van der Waals surface area contributed by atoms with Gasteiger partial charge < -0.3 is 14.7 Å². The lowest BCUT2D eigenvalue weighted by Crippen LogP contribution is -2.04. The van der Waals surface area contributed by atoms with Crippen molar-refractivity contribution in [1.29, 1.82) is 0 Å². The van der Waals surface area contributed by atoms with Crippen molar-refractivity contribution in [2.75, 3.05) is 0 Å². The Balaban J connectivity index is 2.49. The number of para-hydroxylation sites is 1. The van der Waals surface area contributed by atoms with E-state index in [2.05, 4.69) is 4.98 Å². The van der Waals surface area contributed by atoms with Crippen molar-refractivity contribution in [3.8, 4) is 0 Å². The summed E-state index contributed by atoms with van der Waals surface area (Å²) in [6, 6.07) is 6.30. The van der Waals surface area contributed by atoms with Crippen LogP contribution in [0.25, 0.3) is 21.9 Å². The number of aryl methyl sites for hydroxylation is 1. The van der Waals surface area contributed by atoms with Crippen LogP contribution in [0.15, 0.2) is 24.3 Å². The second-order valence-electron chi connectivity index (χ2n) is 3.94. The molecule has 17 heavy (non-hydrogen) atoms. The molecule has 0 fully saturated rings. The number of hydrogen-bond donors (Lipinski definition) is 2. The van der Waals surface area contributed by atoms with E-state index in [0.717, 1.165) is 5.39 Å². The van der Waals surface area contributed by atoms with Gasteiger partial charge >= 0.3 is 5.97 Å². The number of benzene rings is 1. The zero-order valence-electron chi connectivity index (χ0n) is 8.99. The Morgan fingerprint density at radius 3 is 2.88 bits per heavy atom. The van der Waals surface area contributed by atoms with E-state index in [1.807, 2.05) is 0 Å². The van der Waals surface area contributed by atoms with Gasteiger partial charge in [-0.15, -0.1) is 0 Å². The van der Waals surface area contributed by atoms with Gasteiger partial charge in [0.05, 0.1) is 5.52 Å². The van der Waals surface area contributed by atoms with Gasteiger partial charge in [0.25, 0.3) is 0 Å². The highest BCUT2D eigenvalue weighted by Gasteiger charge is 2.16. The first-order valence-corrected chi connectivity index (χ1v) is 5.08. The summed E-state index contributed by atoms with van der Waals surface area (Å²) in [5.41, 5.74) is 1.20. The summed E-state index contributed by atoms with van der Waals surface area (Å²) in [4.78, 5) is 13.9. The zero-order valence-corrected chi connectivity index (χ0v) is 8.99. The minimum atomic E-state index is -0.998. The van der Waals surface area contributed by atoms with Gasteiger partial charge in [0.15, 0.2) is 0 Å². The second kappa shape index (κ2) is 3.10. The number of carboxylic acid groups (broad SMARTS) is 1. The Bertz CT molecular complexity index is 755. The van der Waals surface area contributed by atoms with Crippen LogP contribution in [0.3, 0.4) is 0 Å². The number of fused-ring (bicyclic) bond motifs is 3. The minimum Gasteiger partial charge on any atom is -0.477 e. The molecule has 0 amide bonds. The quantitative estimate of drug-likeness (QED) is 0.677. The molecule has 3 aromatic rings. The number of aromatic amines is 1. The minimum absolute atomic E-state index is 0.178. The summed E-state index contributed by atoms with van der Waals surface area (Å²) in [7, 11) is 1.64. The molecule has 0 aliphatic carbocycles. The van der Waals surface area contributed by atoms with Crippen molar-refractivity contribution in [1.82, 2.24) is 9.55 Å². The highest BCUT2D eigenvalue weighted by atomic mass is 19.1. The SMILES string of the molecule is Cn1c(C(=O)O)cc2c3cccc(F)c3[nH]c21. The number of aromatic nitrogens is 2. The number of nitrogens with one attached hydrogen (secondary N) is 1. The fourth-order valence-electron chi connectivity index (χ4n) is 2.16. The predicted molar refractivity (Wildman–Crippen MR) is 61.7 cm³/mol.